The summed E-state index contributed by atoms with van der Waals surface area (Å²) in [6.45, 7) is 7.88. The molecular weight excluding hydrogens is 300 g/mol. The Morgan fingerprint density at radius 1 is 1.23 bits per heavy atom. The molecule has 2 aromatic heterocycles. The molecule has 4 rings (SSSR count). The van der Waals surface area contributed by atoms with E-state index in [2.05, 4.69) is 25.8 Å². The van der Waals surface area contributed by atoms with Crippen molar-refractivity contribution in [1.29, 1.82) is 0 Å². The monoisotopic (exact) mass is 320 g/mol. The Kier molecular flexibility index (Phi) is 3.36. The van der Waals surface area contributed by atoms with Crippen LogP contribution in [0.1, 0.15) is 67.2 Å². The Morgan fingerprint density at radius 3 is 2.86 bits per heavy atom. The molecule has 22 heavy (non-hydrogen) atoms. The molecule has 2 unspecified atom stereocenters. The molecule has 0 bridgehead atoms. The first-order valence-electron chi connectivity index (χ1n) is 7.87. The van der Waals surface area contributed by atoms with E-state index in [-0.39, 0.29) is 5.92 Å². The van der Waals surface area contributed by atoms with E-state index in [0.29, 0.717) is 31.0 Å². The second kappa shape index (κ2) is 5.26. The van der Waals surface area contributed by atoms with Crippen LogP contribution in [0.3, 0.4) is 0 Å². The number of ether oxygens (including phenoxy) is 2. The fraction of sp³-hybridized carbons (Fsp3) is 0.625. The van der Waals surface area contributed by atoms with Gasteiger partial charge in [-0.1, -0.05) is 32.1 Å². The molecular formula is C16H20N2O3S. The van der Waals surface area contributed by atoms with E-state index in [1.54, 1.807) is 11.3 Å². The minimum atomic E-state index is 0.234. The van der Waals surface area contributed by atoms with Crippen LogP contribution < -0.4 is 9.47 Å². The molecule has 2 aliphatic rings. The van der Waals surface area contributed by atoms with Crippen LogP contribution >= 0.6 is 11.3 Å². The van der Waals surface area contributed by atoms with Crippen LogP contribution in [0.15, 0.2) is 4.42 Å². The fourth-order valence-corrected chi connectivity index (χ4v) is 4.00. The van der Waals surface area contributed by atoms with Crippen molar-refractivity contribution >= 4 is 11.3 Å². The quantitative estimate of drug-likeness (QED) is 0.856. The summed E-state index contributed by atoms with van der Waals surface area (Å²) in [5.74, 6) is 2.40. The van der Waals surface area contributed by atoms with Gasteiger partial charge >= 0.3 is 5.95 Å². The van der Waals surface area contributed by atoms with Crippen molar-refractivity contribution in [3.8, 4) is 11.0 Å². The Labute approximate surface area is 133 Å². The predicted molar refractivity (Wildman–Crippen MR) is 83.2 cm³/mol. The van der Waals surface area contributed by atoms with Crippen molar-refractivity contribution in [2.45, 2.75) is 51.4 Å². The molecule has 0 amide bonds. The smallest absolute Gasteiger partial charge is 0.308 e. The van der Waals surface area contributed by atoms with Crippen molar-refractivity contribution in [2.24, 2.45) is 0 Å². The van der Waals surface area contributed by atoms with Crippen LogP contribution in [0, 0.1) is 0 Å². The molecule has 0 fully saturated rings. The molecule has 0 N–H and O–H groups in total. The number of oxazole rings is 1. The van der Waals surface area contributed by atoms with Crippen molar-refractivity contribution in [2.75, 3.05) is 13.2 Å². The summed E-state index contributed by atoms with van der Waals surface area (Å²) in [5.41, 5.74) is 2.08. The number of hydrogen-bond donors (Lipinski definition) is 0. The van der Waals surface area contributed by atoms with Gasteiger partial charge in [-0.15, -0.1) is 0 Å². The third-order valence-corrected chi connectivity index (χ3v) is 5.53. The number of aromatic nitrogens is 2. The Bertz CT molecular complexity index is 670. The van der Waals surface area contributed by atoms with Gasteiger partial charge in [0.15, 0.2) is 5.06 Å². The number of fused-ring (bicyclic) bond motifs is 2. The molecule has 0 aliphatic carbocycles. The van der Waals surface area contributed by atoms with Gasteiger partial charge in [0, 0.05) is 24.2 Å². The second-order valence-electron chi connectivity index (χ2n) is 6.41. The SMILES string of the molecule is CC(C)c1nc2c(s1)OCC2CC(C)c1nc2c(o1)OCC2. The van der Waals surface area contributed by atoms with Gasteiger partial charge in [0.2, 0.25) is 5.89 Å². The van der Waals surface area contributed by atoms with E-state index >= 15 is 0 Å². The summed E-state index contributed by atoms with van der Waals surface area (Å²) in [7, 11) is 0. The Hall–Kier alpha value is -1.56. The summed E-state index contributed by atoms with van der Waals surface area (Å²) < 4.78 is 17.0. The van der Waals surface area contributed by atoms with Gasteiger partial charge < -0.3 is 13.9 Å². The summed E-state index contributed by atoms with van der Waals surface area (Å²) in [6.07, 6.45) is 1.79. The molecule has 2 aromatic rings. The molecule has 4 heterocycles. The maximum absolute atomic E-state index is 5.82. The molecule has 6 heteroatoms. The van der Waals surface area contributed by atoms with E-state index in [1.165, 1.54) is 0 Å². The zero-order valence-electron chi connectivity index (χ0n) is 13.1. The highest BCUT2D eigenvalue weighted by Crippen LogP contribution is 2.44. The minimum Gasteiger partial charge on any atom is -0.482 e. The van der Waals surface area contributed by atoms with E-state index in [4.69, 9.17) is 18.9 Å². The van der Waals surface area contributed by atoms with Crippen LogP contribution in [0.2, 0.25) is 0 Å². The molecule has 0 spiro atoms. The van der Waals surface area contributed by atoms with Gasteiger partial charge in [0.05, 0.1) is 18.2 Å². The van der Waals surface area contributed by atoms with E-state index in [0.717, 1.165) is 40.2 Å². The molecule has 0 saturated carbocycles. The summed E-state index contributed by atoms with van der Waals surface area (Å²) in [4.78, 5) is 9.36. The zero-order valence-corrected chi connectivity index (χ0v) is 13.9. The zero-order chi connectivity index (χ0) is 15.3. The first kappa shape index (κ1) is 14.1. The van der Waals surface area contributed by atoms with Gasteiger partial charge in [0.1, 0.15) is 11.4 Å². The van der Waals surface area contributed by atoms with Gasteiger partial charge in [0.25, 0.3) is 0 Å². The highest BCUT2D eigenvalue weighted by atomic mass is 32.1. The van der Waals surface area contributed by atoms with Crippen LogP contribution in [-0.4, -0.2) is 23.2 Å². The first-order chi connectivity index (χ1) is 10.6. The highest BCUT2D eigenvalue weighted by molar-refractivity contribution is 7.13. The molecule has 0 radical (unpaired) electrons. The maximum Gasteiger partial charge on any atom is 0.308 e. The topological polar surface area (TPSA) is 57.4 Å². The molecule has 5 nitrogen and oxygen atoms in total. The van der Waals surface area contributed by atoms with Gasteiger partial charge in [-0.2, -0.15) is 0 Å². The highest BCUT2D eigenvalue weighted by Gasteiger charge is 2.32. The third kappa shape index (κ3) is 2.29. The minimum absolute atomic E-state index is 0.234. The molecule has 0 aromatic carbocycles. The number of thiazole rings is 1. The van der Waals surface area contributed by atoms with Gasteiger partial charge in [-0.25, -0.2) is 9.97 Å². The standard InChI is InChI=1S/C16H20N2O3S/c1-8(2)14-18-12-10(7-20-16(12)22-14)6-9(3)13-17-11-4-5-19-15(11)21-13/h8-10H,4-7H2,1-3H3. The van der Waals surface area contributed by atoms with Crippen molar-refractivity contribution in [3.63, 3.8) is 0 Å². The largest absolute Gasteiger partial charge is 0.482 e. The van der Waals surface area contributed by atoms with Crippen molar-refractivity contribution in [1.82, 2.24) is 9.97 Å². The van der Waals surface area contributed by atoms with Crippen LogP contribution in [-0.2, 0) is 6.42 Å². The van der Waals surface area contributed by atoms with Crippen LogP contribution in [0.25, 0.3) is 0 Å². The average Bonchev–Trinajstić information content (AvgIpc) is 3.17. The molecule has 2 atom stereocenters. The lowest BCUT2D eigenvalue weighted by Crippen LogP contribution is -2.08. The summed E-state index contributed by atoms with van der Waals surface area (Å²) >= 11 is 1.68. The average molecular weight is 320 g/mol. The Balaban J connectivity index is 1.50. The van der Waals surface area contributed by atoms with E-state index in [9.17, 15) is 0 Å². The maximum atomic E-state index is 5.82. The lowest BCUT2D eigenvalue weighted by molar-refractivity contribution is 0.254. The number of nitrogens with zero attached hydrogens (tertiary/aromatic N) is 2. The third-order valence-electron chi connectivity index (χ3n) is 4.24. The van der Waals surface area contributed by atoms with Gasteiger partial charge in [-0.3, -0.25) is 0 Å². The summed E-state index contributed by atoms with van der Waals surface area (Å²) in [5, 5.41) is 2.16. The van der Waals surface area contributed by atoms with Crippen molar-refractivity contribution < 1.29 is 13.9 Å². The fourth-order valence-electron chi connectivity index (χ4n) is 2.98. The molecule has 2 aliphatic heterocycles. The predicted octanol–water partition coefficient (Wildman–Crippen LogP) is 3.86. The van der Waals surface area contributed by atoms with Crippen LogP contribution in [0.4, 0.5) is 0 Å². The molecule has 118 valence electrons. The lowest BCUT2D eigenvalue weighted by Gasteiger charge is -2.12. The van der Waals surface area contributed by atoms with Crippen molar-refractivity contribution in [3.05, 3.63) is 22.3 Å². The number of rotatable bonds is 4. The molecule has 0 saturated heterocycles. The summed E-state index contributed by atoms with van der Waals surface area (Å²) in [6, 6.07) is 0. The normalized spacial score (nSPS) is 20.6. The van der Waals surface area contributed by atoms with E-state index < -0.39 is 0 Å². The second-order valence-corrected chi connectivity index (χ2v) is 7.40. The Morgan fingerprint density at radius 2 is 2.09 bits per heavy atom. The lowest BCUT2D eigenvalue weighted by atomic mass is 9.95. The number of hydrogen-bond acceptors (Lipinski definition) is 6. The van der Waals surface area contributed by atoms with Gasteiger partial charge in [-0.05, 0) is 6.42 Å². The van der Waals surface area contributed by atoms with Crippen LogP contribution in [0.5, 0.6) is 11.0 Å². The van der Waals surface area contributed by atoms with E-state index in [1.807, 2.05) is 0 Å². The first-order valence-corrected chi connectivity index (χ1v) is 8.69.